The van der Waals surface area contributed by atoms with Crippen LogP contribution < -0.4 is 10.6 Å². The molecule has 1 aliphatic heterocycles. The molecule has 4 amide bonds. The Hall–Kier alpha value is -3.16. The zero-order valence-electron chi connectivity index (χ0n) is 15.7. The van der Waals surface area contributed by atoms with Crippen molar-refractivity contribution in [2.75, 3.05) is 11.9 Å². The Balaban J connectivity index is 1.39. The van der Waals surface area contributed by atoms with Crippen LogP contribution in [0.15, 0.2) is 42.7 Å². The minimum atomic E-state index is -0.798. The lowest BCUT2D eigenvalue weighted by Crippen LogP contribution is -2.44. The van der Waals surface area contributed by atoms with Gasteiger partial charge in [0.2, 0.25) is 5.91 Å². The molecule has 1 atom stereocenters. The number of nitrogens with one attached hydrogen (secondary N) is 2. The van der Waals surface area contributed by atoms with Crippen LogP contribution in [0.3, 0.4) is 0 Å². The molecule has 1 unspecified atom stereocenters. The largest absolute Gasteiger partial charge is 0.325 e. The van der Waals surface area contributed by atoms with E-state index >= 15 is 0 Å². The summed E-state index contributed by atoms with van der Waals surface area (Å²) in [5.41, 5.74) is 0.827. The van der Waals surface area contributed by atoms with E-state index in [9.17, 15) is 14.4 Å². The number of nitrogens with zero attached hydrogens (tertiary/aromatic N) is 3. The van der Waals surface area contributed by atoms with E-state index in [0.29, 0.717) is 18.5 Å². The summed E-state index contributed by atoms with van der Waals surface area (Å²) in [5, 5.41) is 9.80. The fraction of sp³-hybridized carbons (Fsp3) is 0.400. The van der Waals surface area contributed by atoms with Gasteiger partial charge < -0.3 is 10.6 Å². The zero-order chi connectivity index (χ0) is 19.7. The van der Waals surface area contributed by atoms with Gasteiger partial charge in [-0.3, -0.25) is 19.2 Å². The number of hydrogen-bond acceptors (Lipinski definition) is 4. The summed E-state index contributed by atoms with van der Waals surface area (Å²) in [6.07, 6.45) is 6.39. The molecule has 2 heterocycles. The van der Waals surface area contributed by atoms with Crippen molar-refractivity contribution in [1.82, 2.24) is 20.0 Å². The van der Waals surface area contributed by atoms with Crippen molar-refractivity contribution in [3.05, 3.63) is 48.3 Å². The minimum absolute atomic E-state index is 0.0139. The fourth-order valence-corrected chi connectivity index (χ4v) is 3.98. The Kier molecular flexibility index (Phi) is 4.62. The van der Waals surface area contributed by atoms with Crippen molar-refractivity contribution in [1.29, 1.82) is 0 Å². The smallest absolute Gasteiger partial charge is 0.323 e. The molecule has 1 aromatic carbocycles. The average molecular weight is 381 g/mol. The lowest BCUT2D eigenvalue weighted by atomic mass is 9.98. The lowest BCUT2D eigenvalue weighted by molar-refractivity contribution is -0.133. The van der Waals surface area contributed by atoms with Crippen LogP contribution in [0.4, 0.5) is 10.5 Å². The Morgan fingerprint density at radius 2 is 1.96 bits per heavy atom. The van der Waals surface area contributed by atoms with Gasteiger partial charge in [-0.15, -0.1) is 0 Å². The van der Waals surface area contributed by atoms with E-state index in [4.69, 9.17) is 0 Å². The number of rotatable bonds is 5. The predicted octanol–water partition coefficient (Wildman–Crippen LogP) is 2.30. The van der Waals surface area contributed by atoms with Crippen LogP contribution in [-0.4, -0.2) is 44.6 Å². The van der Waals surface area contributed by atoms with E-state index in [-0.39, 0.29) is 18.5 Å². The van der Waals surface area contributed by atoms with Gasteiger partial charge in [-0.1, -0.05) is 43.2 Å². The number of carbonyl (C=O) groups is 3. The van der Waals surface area contributed by atoms with E-state index in [1.807, 2.05) is 37.3 Å². The Morgan fingerprint density at radius 1 is 1.25 bits per heavy atom. The maximum absolute atomic E-state index is 12.6. The zero-order valence-corrected chi connectivity index (χ0v) is 15.7. The van der Waals surface area contributed by atoms with Gasteiger partial charge in [-0.25, -0.2) is 4.79 Å². The monoisotopic (exact) mass is 381 g/mol. The lowest BCUT2D eigenvalue weighted by Gasteiger charge is -2.19. The van der Waals surface area contributed by atoms with Gasteiger partial charge in [0, 0.05) is 6.20 Å². The summed E-state index contributed by atoms with van der Waals surface area (Å²) >= 11 is 0. The summed E-state index contributed by atoms with van der Waals surface area (Å²) in [5.74, 6) is -0.719. The van der Waals surface area contributed by atoms with Crippen molar-refractivity contribution in [2.45, 2.75) is 44.2 Å². The molecule has 4 rings (SSSR count). The first-order valence-corrected chi connectivity index (χ1v) is 9.52. The first kappa shape index (κ1) is 18.2. The number of aromatic nitrogens is 2. The van der Waals surface area contributed by atoms with Crippen LogP contribution in [0.1, 0.15) is 44.2 Å². The molecule has 28 heavy (non-hydrogen) atoms. The molecular formula is C20H23N5O3. The Bertz CT molecular complexity index is 902. The SMILES string of the molecule is CC(c1ccccc1)n1cc(NC(=O)CN2C(=O)NC3(CCCC3)C2=O)cn1. The van der Waals surface area contributed by atoms with Gasteiger partial charge in [0.15, 0.2) is 0 Å². The quantitative estimate of drug-likeness (QED) is 0.777. The van der Waals surface area contributed by atoms with Crippen molar-refractivity contribution in [3.8, 4) is 0 Å². The maximum Gasteiger partial charge on any atom is 0.325 e. The number of amides is 4. The summed E-state index contributed by atoms with van der Waals surface area (Å²) < 4.78 is 1.76. The second-order valence-corrected chi connectivity index (χ2v) is 7.45. The molecule has 2 aromatic rings. The fourth-order valence-electron chi connectivity index (χ4n) is 3.98. The van der Waals surface area contributed by atoms with E-state index in [0.717, 1.165) is 23.3 Å². The van der Waals surface area contributed by atoms with Crippen LogP contribution >= 0.6 is 0 Å². The third-order valence-corrected chi connectivity index (χ3v) is 5.57. The van der Waals surface area contributed by atoms with Crippen molar-refractivity contribution >= 4 is 23.5 Å². The molecule has 1 aromatic heterocycles. The molecular weight excluding hydrogens is 358 g/mol. The van der Waals surface area contributed by atoms with E-state index in [1.165, 1.54) is 0 Å². The van der Waals surface area contributed by atoms with Crippen LogP contribution in [0.5, 0.6) is 0 Å². The summed E-state index contributed by atoms with van der Waals surface area (Å²) in [6, 6.07) is 9.44. The first-order valence-electron chi connectivity index (χ1n) is 9.52. The topological polar surface area (TPSA) is 96.3 Å². The third-order valence-electron chi connectivity index (χ3n) is 5.57. The van der Waals surface area contributed by atoms with Crippen molar-refractivity contribution in [3.63, 3.8) is 0 Å². The third kappa shape index (κ3) is 3.26. The molecule has 2 fully saturated rings. The number of anilines is 1. The number of carbonyl (C=O) groups excluding carboxylic acids is 3. The Morgan fingerprint density at radius 3 is 2.68 bits per heavy atom. The number of urea groups is 1. The summed E-state index contributed by atoms with van der Waals surface area (Å²) in [7, 11) is 0. The molecule has 1 aliphatic carbocycles. The number of imide groups is 1. The van der Waals surface area contributed by atoms with Gasteiger partial charge in [-0.05, 0) is 25.3 Å². The molecule has 2 aliphatic rings. The number of benzene rings is 1. The second-order valence-electron chi connectivity index (χ2n) is 7.45. The molecule has 146 valence electrons. The molecule has 2 N–H and O–H groups in total. The van der Waals surface area contributed by atoms with Crippen LogP contribution in [-0.2, 0) is 9.59 Å². The minimum Gasteiger partial charge on any atom is -0.323 e. The maximum atomic E-state index is 12.6. The highest BCUT2D eigenvalue weighted by molar-refractivity contribution is 6.10. The molecule has 1 saturated carbocycles. The van der Waals surface area contributed by atoms with Crippen LogP contribution in [0, 0.1) is 0 Å². The normalized spacial score (nSPS) is 19.1. The van der Waals surface area contributed by atoms with E-state index in [1.54, 1.807) is 17.1 Å². The highest BCUT2D eigenvalue weighted by atomic mass is 16.2. The highest BCUT2D eigenvalue weighted by Gasteiger charge is 2.52. The molecule has 8 heteroatoms. The van der Waals surface area contributed by atoms with Crippen LogP contribution in [0.25, 0.3) is 0 Å². The van der Waals surface area contributed by atoms with E-state index in [2.05, 4.69) is 15.7 Å². The molecule has 0 radical (unpaired) electrons. The van der Waals surface area contributed by atoms with Gasteiger partial charge >= 0.3 is 6.03 Å². The van der Waals surface area contributed by atoms with Gasteiger partial charge in [-0.2, -0.15) is 5.10 Å². The predicted molar refractivity (Wildman–Crippen MR) is 103 cm³/mol. The van der Waals surface area contributed by atoms with E-state index < -0.39 is 17.5 Å². The molecule has 8 nitrogen and oxygen atoms in total. The highest BCUT2D eigenvalue weighted by Crippen LogP contribution is 2.34. The van der Waals surface area contributed by atoms with Crippen molar-refractivity contribution < 1.29 is 14.4 Å². The molecule has 1 spiro atoms. The van der Waals surface area contributed by atoms with Gasteiger partial charge in [0.25, 0.3) is 5.91 Å². The van der Waals surface area contributed by atoms with Crippen LogP contribution in [0.2, 0.25) is 0 Å². The molecule has 0 bridgehead atoms. The second kappa shape index (κ2) is 7.10. The van der Waals surface area contributed by atoms with Crippen molar-refractivity contribution in [2.24, 2.45) is 0 Å². The first-order chi connectivity index (χ1) is 13.5. The number of hydrogen-bond donors (Lipinski definition) is 2. The van der Waals surface area contributed by atoms with Gasteiger partial charge in [0.1, 0.15) is 12.1 Å². The Labute approximate surface area is 162 Å². The average Bonchev–Trinajstić information content (AvgIpc) is 3.40. The summed E-state index contributed by atoms with van der Waals surface area (Å²) in [4.78, 5) is 38.2. The summed E-state index contributed by atoms with van der Waals surface area (Å²) in [6.45, 7) is 1.72. The van der Waals surface area contributed by atoms with Gasteiger partial charge in [0.05, 0.1) is 17.9 Å². The standard InChI is InChI=1S/C20H23N5O3/c1-14(15-7-3-2-4-8-15)25-12-16(11-21-25)22-17(26)13-24-18(27)20(23-19(24)28)9-5-6-10-20/h2-4,7-8,11-12,14H,5-6,9-10,13H2,1H3,(H,22,26)(H,23,28). The molecule has 1 saturated heterocycles.